The molecule has 0 aliphatic carbocycles. The van der Waals surface area contributed by atoms with Gasteiger partial charge in [0, 0.05) is 58.6 Å². The number of hydrogen-bond acceptors (Lipinski definition) is 3. The molecule has 0 fully saturated rings. The summed E-state index contributed by atoms with van der Waals surface area (Å²) < 4.78 is 11.9. The van der Waals surface area contributed by atoms with Gasteiger partial charge in [0.1, 0.15) is 23.3 Å². The van der Waals surface area contributed by atoms with Crippen molar-refractivity contribution in [2.75, 3.05) is 0 Å². The third-order valence-corrected chi connectivity index (χ3v) is 18.8. The molecule has 0 amide bonds. The standard InChI is InChI=1S/C74H58N6S/c1-37-23-43(7)63-53(29-37)54-30-38(2)24-44(8)64(54)78(63)70-60(36-76)72(80-67-47(11)27-41(5)33-57(67)58-34-42(6)28-48(12)68(58)80)71(79-65-45(9)25-39(3)31-55(65)56-32-40(4)26-46(10)66(56)79)59(35-75)69(70)77-61-19-15-13-17-49(61)51-21-22-52-50-18-14-16-20-62(50)81-74(52)73(51)77/h13-34H,1-12H3. The maximum Gasteiger partial charge on any atom is 0.104 e. The Morgan fingerprint density at radius 2 is 0.605 bits per heavy atom. The molecule has 5 heterocycles. The van der Waals surface area contributed by atoms with Gasteiger partial charge in [-0.1, -0.05) is 118 Å². The van der Waals surface area contributed by atoms with Gasteiger partial charge < -0.3 is 18.3 Å². The topological polar surface area (TPSA) is 67.3 Å². The van der Waals surface area contributed by atoms with Crippen molar-refractivity contribution in [1.82, 2.24) is 18.3 Å². The molecule has 0 spiro atoms. The normalized spacial score (nSPS) is 12.2. The smallest absolute Gasteiger partial charge is 0.104 e. The summed E-state index contributed by atoms with van der Waals surface area (Å²) >= 11 is 1.79. The molecule has 15 aromatic rings. The van der Waals surface area contributed by atoms with E-state index in [0.29, 0.717) is 33.9 Å². The van der Waals surface area contributed by atoms with Crippen molar-refractivity contribution in [2.45, 2.75) is 83.1 Å². The Bertz CT molecular complexity index is 5310. The third-order valence-electron chi connectivity index (χ3n) is 17.6. The number of thiophene rings is 1. The molecule has 0 bridgehead atoms. The van der Waals surface area contributed by atoms with Crippen LogP contribution >= 0.6 is 11.3 Å². The van der Waals surface area contributed by atoms with E-state index in [4.69, 9.17) is 0 Å². The number of para-hydroxylation sites is 1. The van der Waals surface area contributed by atoms with E-state index >= 15 is 0 Å². The van der Waals surface area contributed by atoms with Gasteiger partial charge in [0.2, 0.25) is 0 Å². The van der Waals surface area contributed by atoms with Crippen LogP contribution < -0.4 is 0 Å². The molecule has 7 heteroatoms. The van der Waals surface area contributed by atoms with Gasteiger partial charge in [0.15, 0.2) is 0 Å². The molecule has 10 aromatic carbocycles. The van der Waals surface area contributed by atoms with E-state index in [-0.39, 0.29) is 0 Å². The van der Waals surface area contributed by atoms with Gasteiger partial charge in [0.05, 0.1) is 71.6 Å². The first-order chi connectivity index (χ1) is 39.1. The van der Waals surface area contributed by atoms with E-state index in [1.54, 1.807) is 11.3 Å². The van der Waals surface area contributed by atoms with E-state index < -0.39 is 0 Å². The fraction of sp³-hybridized carbons (Fsp3) is 0.162. The highest BCUT2D eigenvalue weighted by molar-refractivity contribution is 7.26. The fourth-order valence-electron chi connectivity index (χ4n) is 15.0. The Hall–Kier alpha value is -9.40. The summed E-state index contributed by atoms with van der Waals surface area (Å²) in [4.78, 5) is 0. The molecule has 0 N–H and O–H groups in total. The molecule has 15 rings (SSSR count). The van der Waals surface area contributed by atoms with Crippen LogP contribution in [0.4, 0.5) is 0 Å². The van der Waals surface area contributed by atoms with Gasteiger partial charge in [-0.25, -0.2) is 0 Å². The molecule has 0 atom stereocenters. The maximum absolute atomic E-state index is 13.2. The molecule has 0 aliphatic rings. The van der Waals surface area contributed by atoms with Crippen LogP contribution in [0.3, 0.4) is 0 Å². The summed E-state index contributed by atoms with van der Waals surface area (Å²) in [6.07, 6.45) is 0. The number of aryl methyl sites for hydroxylation is 12. The first-order valence-electron chi connectivity index (χ1n) is 28.0. The molecular weight excluding hydrogens is 1000 g/mol. The summed E-state index contributed by atoms with van der Waals surface area (Å²) in [5.74, 6) is 0. The van der Waals surface area contributed by atoms with Crippen molar-refractivity contribution in [3.8, 4) is 34.9 Å². The zero-order valence-electron chi connectivity index (χ0n) is 47.8. The lowest BCUT2D eigenvalue weighted by atomic mass is 9.97. The van der Waals surface area contributed by atoms with Crippen LogP contribution in [-0.2, 0) is 0 Å². The third kappa shape index (κ3) is 6.53. The minimum atomic E-state index is 0.465. The molecule has 390 valence electrons. The van der Waals surface area contributed by atoms with Gasteiger partial charge in [0.25, 0.3) is 0 Å². The predicted molar refractivity (Wildman–Crippen MR) is 343 cm³/mol. The van der Waals surface area contributed by atoms with Crippen LogP contribution in [0.5, 0.6) is 0 Å². The maximum atomic E-state index is 13.2. The van der Waals surface area contributed by atoms with Gasteiger partial charge in [-0.3, -0.25) is 0 Å². The van der Waals surface area contributed by atoms with Crippen LogP contribution in [0.1, 0.15) is 77.9 Å². The van der Waals surface area contributed by atoms with Gasteiger partial charge in [-0.2, -0.15) is 10.5 Å². The largest absolute Gasteiger partial charge is 0.305 e. The lowest BCUT2D eigenvalue weighted by Crippen LogP contribution is -2.17. The van der Waals surface area contributed by atoms with Gasteiger partial charge in [-0.05, 0) is 165 Å². The number of rotatable bonds is 4. The van der Waals surface area contributed by atoms with Crippen molar-refractivity contribution >= 4 is 119 Å². The number of benzene rings is 10. The SMILES string of the molecule is Cc1cc(C)c2c(c1)c1cc(C)cc(C)c1n2-c1c(C#N)c(-n2c3c(C)cc(C)cc3c3cc(C)cc(C)c32)c(-n2c3ccccc3c3ccc4c5ccccc5sc4c32)c(C#N)c1-n1c2c(C)cc(C)cc2c2cc(C)cc(C)c21. The number of nitrogens with zero attached hydrogens (tertiary/aromatic N) is 6. The average Bonchev–Trinajstić information content (AvgIpc) is 4.38. The van der Waals surface area contributed by atoms with E-state index in [1.807, 2.05) is 0 Å². The molecule has 81 heavy (non-hydrogen) atoms. The van der Waals surface area contributed by atoms with Crippen molar-refractivity contribution in [2.24, 2.45) is 0 Å². The summed E-state index contributed by atoms with van der Waals surface area (Å²) in [5.41, 5.74) is 25.1. The average molecular weight is 1060 g/mol. The van der Waals surface area contributed by atoms with Crippen molar-refractivity contribution in [3.63, 3.8) is 0 Å². The quantitative estimate of drug-likeness (QED) is 0.176. The predicted octanol–water partition coefficient (Wildman–Crippen LogP) is 19.9. The van der Waals surface area contributed by atoms with Crippen molar-refractivity contribution < 1.29 is 0 Å². The van der Waals surface area contributed by atoms with Crippen LogP contribution in [-0.4, -0.2) is 18.3 Å². The summed E-state index contributed by atoms with van der Waals surface area (Å²) in [7, 11) is 0. The van der Waals surface area contributed by atoms with E-state index in [2.05, 4.69) is 247 Å². The van der Waals surface area contributed by atoms with Crippen LogP contribution in [0.25, 0.3) is 130 Å². The monoisotopic (exact) mass is 1060 g/mol. The number of aromatic nitrogens is 4. The Morgan fingerprint density at radius 3 is 0.963 bits per heavy atom. The van der Waals surface area contributed by atoms with Crippen LogP contribution in [0, 0.1) is 106 Å². The number of nitriles is 2. The fourth-order valence-corrected chi connectivity index (χ4v) is 16.3. The number of hydrogen-bond donors (Lipinski definition) is 0. The molecule has 6 nitrogen and oxygen atoms in total. The zero-order valence-corrected chi connectivity index (χ0v) is 48.6. The highest BCUT2D eigenvalue weighted by atomic mass is 32.1. The minimum Gasteiger partial charge on any atom is -0.305 e. The number of fused-ring (bicyclic) bond motifs is 16. The Labute approximate surface area is 474 Å². The van der Waals surface area contributed by atoms with Crippen molar-refractivity contribution in [3.05, 3.63) is 211 Å². The van der Waals surface area contributed by atoms with Crippen LogP contribution in [0.2, 0.25) is 0 Å². The Balaban J connectivity index is 1.34. The molecule has 0 saturated heterocycles. The lowest BCUT2D eigenvalue weighted by molar-refractivity contribution is 1.02. The highest BCUT2D eigenvalue weighted by Gasteiger charge is 2.36. The van der Waals surface area contributed by atoms with Crippen LogP contribution in [0.15, 0.2) is 133 Å². The molecule has 0 saturated carbocycles. The second-order valence-electron chi connectivity index (χ2n) is 23.5. The first kappa shape index (κ1) is 48.7. The van der Waals surface area contributed by atoms with Gasteiger partial charge in [-0.15, -0.1) is 11.3 Å². The summed E-state index contributed by atoms with van der Waals surface area (Å²) in [5, 5.41) is 37.5. The second kappa shape index (κ2) is 17.1. The van der Waals surface area contributed by atoms with E-state index in [0.717, 1.165) is 164 Å². The minimum absolute atomic E-state index is 0.465. The second-order valence-corrected chi connectivity index (χ2v) is 24.6. The molecular formula is C74H58N6S. The molecule has 0 aliphatic heterocycles. The molecule has 0 radical (unpaired) electrons. The van der Waals surface area contributed by atoms with E-state index in [1.165, 1.54) is 10.1 Å². The van der Waals surface area contributed by atoms with Crippen molar-refractivity contribution in [1.29, 1.82) is 10.5 Å². The highest BCUT2D eigenvalue weighted by Crippen LogP contribution is 2.52. The summed E-state index contributed by atoms with van der Waals surface area (Å²) in [6, 6.07) is 55.6. The zero-order chi connectivity index (χ0) is 55.9. The first-order valence-corrected chi connectivity index (χ1v) is 28.8. The summed E-state index contributed by atoms with van der Waals surface area (Å²) in [6.45, 7) is 26.3. The Kier molecular flexibility index (Phi) is 10.3. The van der Waals surface area contributed by atoms with Gasteiger partial charge >= 0.3 is 0 Å². The van der Waals surface area contributed by atoms with E-state index in [9.17, 15) is 10.5 Å². The Morgan fingerprint density at radius 1 is 0.296 bits per heavy atom. The molecule has 5 aromatic heterocycles. The molecule has 0 unspecified atom stereocenters. The lowest BCUT2D eigenvalue weighted by Gasteiger charge is -2.28.